The quantitative estimate of drug-likeness (QED) is 0.816. The Bertz CT molecular complexity index is 488. The second-order valence-corrected chi connectivity index (χ2v) is 4.13. The van der Waals surface area contributed by atoms with Crippen molar-refractivity contribution >= 4 is 10.9 Å². The molecule has 1 heterocycles. The van der Waals surface area contributed by atoms with E-state index in [9.17, 15) is 0 Å². The van der Waals surface area contributed by atoms with Gasteiger partial charge in [-0.05, 0) is 37.1 Å². The molecule has 3 N–H and O–H groups in total. The predicted molar refractivity (Wildman–Crippen MR) is 66.5 cm³/mol. The number of aliphatic hydroxyl groups excluding tert-OH is 1. The average molecular weight is 218 g/mol. The Kier molecular flexibility index (Phi) is 3.27. The number of hydrogen-bond donors (Lipinski definition) is 2. The molecule has 0 aliphatic rings. The van der Waals surface area contributed by atoms with Crippen molar-refractivity contribution in [2.45, 2.75) is 19.9 Å². The van der Waals surface area contributed by atoms with Gasteiger partial charge in [-0.2, -0.15) is 0 Å². The monoisotopic (exact) mass is 218 g/mol. The van der Waals surface area contributed by atoms with E-state index in [2.05, 4.69) is 35.9 Å². The number of aryl methyl sites for hydroxylation is 1. The molecule has 16 heavy (non-hydrogen) atoms. The van der Waals surface area contributed by atoms with Crippen LogP contribution in [0.15, 0.2) is 24.4 Å². The topological polar surface area (TPSA) is 51.2 Å². The maximum atomic E-state index is 9.04. The molecule has 0 aliphatic heterocycles. The molecule has 86 valence electrons. The van der Waals surface area contributed by atoms with Crippen LogP contribution >= 0.6 is 0 Å². The first-order valence-electron chi connectivity index (χ1n) is 5.65. The Morgan fingerprint density at radius 2 is 2.19 bits per heavy atom. The van der Waals surface area contributed by atoms with Gasteiger partial charge in [-0.1, -0.05) is 12.1 Å². The molecule has 2 rings (SSSR count). The lowest BCUT2D eigenvalue weighted by atomic mass is 10.1. The van der Waals surface area contributed by atoms with E-state index in [4.69, 9.17) is 10.8 Å². The Morgan fingerprint density at radius 1 is 1.38 bits per heavy atom. The third-order valence-corrected chi connectivity index (χ3v) is 2.87. The smallest absolute Gasteiger partial charge is 0.0610 e. The first kappa shape index (κ1) is 11.2. The summed E-state index contributed by atoms with van der Waals surface area (Å²) in [5.41, 5.74) is 9.31. The van der Waals surface area contributed by atoms with E-state index in [1.54, 1.807) is 0 Å². The molecule has 0 fully saturated rings. The summed E-state index contributed by atoms with van der Waals surface area (Å²) in [5.74, 6) is 0. The minimum Gasteiger partial charge on any atom is -0.395 e. The molecule has 3 heteroatoms. The maximum absolute atomic E-state index is 9.04. The van der Waals surface area contributed by atoms with Crippen molar-refractivity contribution in [3.63, 3.8) is 0 Å². The summed E-state index contributed by atoms with van der Waals surface area (Å²) in [4.78, 5) is 0. The molecule has 1 aromatic carbocycles. The lowest BCUT2D eigenvalue weighted by Crippen LogP contribution is -2.02. The highest BCUT2D eigenvalue weighted by Crippen LogP contribution is 2.22. The zero-order valence-corrected chi connectivity index (χ0v) is 9.61. The fraction of sp³-hybridized carbons (Fsp3) is 0.385. The summed E-state index contributed by atoms with van der Waals surface area (Å²) >= 11 is 0. The van der Waals surface area contributed by atoms with E-state index in [1.807, 2.05) is 0 Å². The highest BCUT2D eigenvalue weighted by molar-refractivity contribution is 5.84. The molecular weight excluding hydrogens is 200 g/mol. The van der Waals surface area contributed by atoms with Crippen LogP contribution in [0.1, 0.15) is 11.1 Å². The molecule has 0 radical (unpaired) electrons. The normalized spacial score (nSPS) is 11.2. The highest BCUT2D eigenvalue weighted by Gasteiger charge is 2.07. The largest absolute Gasteiger partial charge is 0.395 e. The van der Waals surface area contributed by atoms with E-state index in [-0.39, 0.29) is 6.61 Å². The van der Waals surface area contributed by atoms with Gasteiger partial charge in [-0.15, -0.1) is 0 Å². The molecule has 2 aromatic rings. The third kappa shape index (κ3) is 1.96. The van der Waals surface area contributed by atoms with E-state index in [0.29, 0.717) is 13.1 Å². The minimum absolute atomic E-state index is 0.166. The van der Waals surface area contributed by atoms with Crippen LogP contribution in [0, 0.1) is 6.92 Å². The van der Waals surface area contributed by atoms with Crippen LogP contribution < -0.4 is 5.73 Å². The number of nitrogens with zero attached hydrogens (tertiary/aromatic N) is 1. The summed E-state index contributed by atoms with van der Waals surface area (Å²) in [5, 5.41) is 10.3. The molecule has 0 saturated heterocycles. The maximum Gasteiger partial charge on any atom is 0.0610 e. The van der Waals surface area contributed by atoms with Crippen molar-refractivity contribution in [3.8, 4) is 0 Å². The summed E-state index contributed by atoms with van der Waals surface area (Å²) in [6.07, 6.45) is 2.99. The number of rotatable bonds is 4. The first-order chi connectivity index (χ1) is 7.76. The van der Waals surface area contributed by atoms with Gasteiger partial charge in [0.2, 0.25) is 0 Å². The van der Waals surface area contributed by atoms with Crippen molar-refractivity contribution in [2.24, 2.45) is 5.73 Å². The van der Waals surface area contributed by atoms with Crippen LogP contribution in [-0.2, 0) is 13.0 Å². The summed E-state index contributed by atoms with van der Waals surface area (Å²) in [7, 11) is 0. The average Bonchev–Trinajstić information content (AvgIpc) is 2.58. The van der Waals surface area contributed by atoms with Gasteiger partial charge in [0.1, 0.15) is 0 Å². The van der Waals surface area contributed by atoms with Crippen LogP contribution in [0.25, 0.3) is 10.9 Å². The van der Waals surface area contributed by atoms with Gasteiger partial charge in [0.15, 0.2) is 0 Å². The number of hydrogen-bond acceptors (Lipinski definition) is 2. The third-order valence-electron chi connectivity index (χ3n) is 2.87. The molecule has 1 aromatic heterocycles. The fourth-order valence-corrected chi connectivity index (χ4v) is 2.13. The van der Waals surface area contributed by atoms with Gasteiger partial charge in [0.25, 0.3) is 0 Å². The van der Waals surface area contributed by atoms with Gasteiger partial charge in [-0.3, -0.25) is 0 Å². The number of fused-ring (bicyclic) bond motifs is 1. The number of nitrogens with two attached hydrogens (primary N) is 1. The Labute approximate surface area is 95.5 Å². The van der Waals surface area contributed by atoms with Gasteiger partial charge < -0.3 is 15.4 Å². The number of aliphatic hydroxyl groups is 1. The summed E-state index contributed by atoms with van der Waals surface area (Å²) in [6, 6.07) is 6.42. The van der Waals surface area contributed by atoms with Crippen molar-refractivity contribution in [1.82, 2.24) is 4.57 Å². The molecule has 0 amide bonds. The molecule has 0 saturated carbocycles. The number of aromatic nitrogens is 1. The van der Waals surface area contributed by atoms with E-state index < -0.39 is 0 Å². The van der Waals surface area contributed by atoms with Crippen molar-refractivity contribution in [3.05, 3.63) is 35.5 Å². The Morgan fingerprint density at radius 3 is 2.88 bits per heavy atom. The zero-order chi connectivity index (χ0) is 11.5. The van der Waals surface area contributed by atoms with Crippen molar-refractivity contribution in [1.29, 1.82) is 0 Å². The van der Waals surface area contributed by atoms with Gasteiger partial charge in [-0.25, -0.2) is 0 Å². The van der Waals surface area contributed by atoms with Crippen LogP contribution in [-0.4, -0.2) is 22.8 Å². The molecule has 0 aliphatic carbocycles. The molecule has 0 unspecified atom stereocenters. The van der Waals surface area contributed by atoms with Crippen LogP contribution in [0.2, 0.25) is 0 Å². The SMILES string of the molecule is Cc1ccc2c(CCN)cn(CCO)c2c1. The van der Waals surface area contributed by atoms with Crippen LogP contribution in [0.4, 0.5) is 0 Å². The number of benzene rings is 1. The first-order valence-corrected chi connectivity index (χ1v) is 5.65. The standard InChI is InChI=1S/C13H18N2O/c1-10-2-3-12-11(4-5-14)9-15(6-7-16)13(12)8-10/h2-3,8-9,16H,4-7,14H2,1H3. The van der Waals surface area contributed by atoms with Gasteiger partial charge in [0.05, 0.1) is 6.61 Å². The summed E-state index contributed by atoms with van der Waals surface area (Å²) in [6.45, 7) is 3.55. The molecule has 0 atom stereocenters. The molecule has 3 nitrogen and oxygen atoms in total. The van der Waals surface area contributed by atoms with Crippen LogP contribution in [0.5, 0.6) is 0 Å². The highest BCUT2D eigenvalue weighted by atomic mass is 16.3. The summed E-state index contributed by atoms with van der Waals surface area (Å²) < 4.78 is 2.10. The lowest BCUT2D eigenvalue weighted by molar-refractivity contribution is 0.278. The lowest BCUT2D eigenvalue weighted by Gasteiger charge is -2.02. The van der Waals surface area contributed by atoms with Gasteiger partial charge in [0, 0.05) is 23.6 Å². The molecule has 0 bridgehead atoms. The predicted octanol–water partition coefficient (Wildman–Crippen LogP) is 1.44. The van der Waals surface area contributed by atoms with E-state index in [1.165, 1.54) is 22.0 Å². The van der Waals surface area contributed by atoms with Gasteiger partial charge >= 0.3 is 0 Å². The molecule has 0 spiro atoms. The Balaban J connectivity index is 2.56. The second-order valence-electron chi connectivity index (χ2n) is 4.13. The Hall–Kier alpha value is -1.32. The van der Waals surface area contributed by atoms with E-state index >= 15 is 0 Å². The van der Waals surface area contributed by atoms with E-state index in [0.717, 1.165) is 6.42 Å². The molecular formula is C13H18N2O. The second kappa shape index (κ2) is 4.68. The van der Waals surface area contributed by atoms with Crippen molar-refractivity contribution in [2.75, 3.05) is 13.2 Å². The fourth-order valence-electron chi connectivity index (χ4n) is 2.13. The minimum atomic E-state index is 0.166. The zero-order valence-electron chi connectivity index (χ0n) is 9.61. The van der Waals surface area contributed by atoms with Crippen LogP contribution in [0.3, 0.4) is 0 Å². The van der Waals surface area contributed by atoms with Crippen molar-refractivity contribution < 1.29 is 5.11 Å².